The fraction of sp³-hybridized carbons (Fsp3) is 0.300. The van der Waals surface area contributed by atoms with Crippen LogP contribution in [0.15, 0.2) is 23.4 Å². The Morgan fingerprint density at radius 2 is 1.92 bits per heavy atom. The van der Waals surface area contributed by atoms with Crippen LogP contribution in [0.5, 0.6) is 0 Å². The van der Waals surface area contributed by atoms with Gasteiger partial charge in [0.1, 0.15) is 0 Å². The van der Waals surface area contributed by atoms with E-state index >= 15 is 0 Å². The van der Waals surface area contributed by atoms with Gasteiger partial charge in [-0.25, -0.2) is 0 Å². The molecule has 0 amide bonds. The van der Waals surface area contributed by atoms with Gasteiger partial charge in [-0.3, -0.25) is 0 Å². The summed E-state index contributed by atoms with van der Waals surface area (Å²) in [7, 11) is 0. The van der Waals surface area contributed by atoms with Crippen molar-refractivity contribution in [2.75, 3.05) is 0 Å². The van der Waals surface area contributed by atoms with Crippen LogP contribution in [0.1, 0.15) is 23.6 Å². The highest BCUT2D eigenvalue weighted by molar-refractivity contribution is 5.98. The predicted octanol–water partition coefficient (Wildman–Crippen LogP) is 2.50. The van der Waals surface area contributed by atoms with Crippen LogP contribution in [-0.4, -0.2) is 10.9 Å². The molecule has 1 aromatic carbocycles. The van der Waals surface area contributed by atoms with Gasteiger partial charge in [0, 0.05) is 0 Å². The SMILES string of the molecule is C/C(=N/O)c1ccc(C)c(C)c1. The van der Waals surface area contributed by atoms with E-state index in [0.717, 1.165) is 5.56 Å². The summed E-state index contributed by atoms with van der Waals surface area (Å²) in [6.07, 6.45) is 0. The lowest BCUT2D eigenvalue weighted by atomic mass is 10.0. The van der Waals surface area contributed by atoms with Gasteiger partial charge >= 0.3 is 0 Å². The molecule has 0 spiro atoms. The molecule has 0 fully saturated rings. The Bertz CT molecular complexity index is 316. The smallest absolute Gasteiger partial charge is 0.0837 e. The Labute approximate surface area is 72.5 Å². The van der Waals surface area contributed by atoms with Crippen LogP contribution in [0, 0.1) is 13.8 Å². The number of benzene rings is 1. The van der Waals surface area contributed by atoms with Crippen molar-refractivity contribution >= 4 is 5.71 Å². The number of aryl methyl sites for hydroxylation is 2. The second-order valence-electron chi connectivity index (χ2n) is 2.98. The van der Waals surface area contributed by atoms with E-state index in [0.29, 0.717) is 5.71 Å². The van der Waals surface area contributed by atoms with E-state index in [1.54, 1.807) is 6.92 Å². The molecule has 0 heterocycles. The Morgan fingerprint density at radius 1 is 1.25 bits per heavy atom. The third-order valence-electron chi connectivity index (χ3n) is 2.07. The molecule has 0 unspecified atom stereocenters. The van der Waals surface area contributed by atoms with Crippen molar-refractivity contribution < 1.29 is 5.21 Å². The highest BCUT2D eigenvalue weighted by atomic mass is 16.4. The van der Waals surface area contributed by atoms with E-state index in [1.807, 2.05) is 25.1 Å². The minimum Gasteiger partial charge on any atom is -0.411 e. The first kappa shape index (κ1) is 8.78. The average molecular weight is 163 g/mol. The zero-order valence-electron chi connectivity index (χ0n) is 7.63. The summed E-state index contributed by atoms with van der Waals surface area (Å²) in [4.78, 5) is 0. The summed E-state index contributed by atoms with van der Waals surface area (Å²) >= 11 is 0. The van der Waals surface area contributed by atoms with Crippen molar-refractivity contribution in [3.63, 3.8) is 0 Å². The first-order valence-corrected chi connectivity index (χ1v) is 3.91. The topological polar surface area (TPSA) is 32.6 Å². The third-order valence-corrected chi connectivity index (χ3v) is 2.07. The third kappa shape index (κ3) is 1.64. The van der Waals surface area contributed by atoms with Crippen molar-refractivity contribution in [3.8, 4) is 0 Å². The minimum absolute atomic E-state index is 0.651. The molecule has 2 heteroatoms. The van der Waals surface area contributed by atoms with Crippen LogP contribution in [0.4, 0.5) is 0 Å². The standard InChI is InChI=1S/C10H13NO/c1-7-4-5-10(6-8(7)2)9(3)11-12/h4-6,12H,1-3H3/b11-9-. The van der Waals surface area contributed by atoms with Gasteiger partial charge in [-0.1, -0.05) is 17.3 Å². The van der Waals surface area contributed by atoms with Gasteiger partial charge in [-0.05, 0) is 43.5 Å². The molecule has 0 atom stereocenters. The highest BCUT2D eigenvalue weighted by Crippen LogP contribution is 2.10. The van der Waals surface area contributed by atoms with Crippen molar-refractivity contribution in [1.29, 1.82) is 0 Å². The summed E-state index contributed by atoms with van der Waals surface area (Å²) in [5.74, 6) is 0. The molecule has 1 aromatic rings. The zero-order chi connectivity index (χ0) is 9.14. The molecular formula is C10H13NO. The first-order valence-electron chi connectivity index (χ1n) is 3.91. The fourth-order valence-corrected chi connectivity index (χ4v) is 1.02. The van der Waals surface area contributed by atoms with Crippen molar-refractivity contribution in [2.24, 2.45) is 5.16 Å². The number of rotatable bonds is 1. The molecule has 64 valence electrons. The number of nitrogens with zero attached hydrogens (tertiary/aromatic N) is 1. The number of hydrogen-bond acceptors (Lipinski definition) is 2. The molecule has 1 N–H and O–H groups in total. The van der Waals surface area contributed by atoms with Gasteiger partial charge in [0.15, 0.2) is 0 Å². The Hall–Kier alpha value is -1.31. The lowest BCUT2D eigenvalue weighted by Gasteiger charge is -2.02. The molecule has 0 aromatic heterocycles. The summed E-state index contributed by atoms with van der Waals surface area (Å²) in [6, 6.07) is 6.00. The fourth-order valence-electron chi connectivity index (χ4n) is 1.02. The normalized spacial score (nSPS) is 11.8. The predicted molar refractivity (Wildman–Crippen MR) is 49.9 cm³/mol. The molecular weight excluding hydrogens is 150 g/mol. The van der Waals surface area contributed by atoms with E-state index in [-0.39, 0.29) is 0 Å². The monoisotopic (exact) mass is 163 g/mol. The Morgan fingerprint density at radius 3 is 2.42 bits per heavy atom. The van der Waals surface area contributed by atoms with Gasteiger partial charge in [0.25, 0.3) is 0 Å². The van der Waals surface area contributed by atoms with E-state index in [4.69, 9.17) is 5.21 Å². The molecule has 0 aliphatic rings. The lowest BCUT2D eigenvalue weighted by molar-refractivity contribution is 0.319. The van der Waals surface area contributed by atoms with Gasteiger partial charge in [-0.15, -0.1) is 0 Å². The first-order chi connectivity index (χ1) is 5.65. The molecule has 0 saturated carbocycles. The second-order valence-corrected chi connectivity index (χ2v) is 2.98. The van der Waals surface area contributed by atoms with E-state index in [2.05, 4.69) is 12.1 Å². The van der Waals surface area contributed by atoms with Crippen molar-refractivity contribution in [3.05, 3.63) is 34.9 Å². The maximum Gasteiger partial charge on any atom is 0.0837 e. The summed E-state index contributed by atoms with van der Waals surface area (Å²) in [6.45, 7) is 5.89. The van der Waals surface area contributed by atoms with Crippen LogP contribution in [0.25, 0.3) is 0 Å². The Kier molecular flexibility index (Phi) is 2.48. The average Bonchev–Trinajstić information content (AvgIpc) is 2.08. The molecule has 0 aliphatic heterocycles. The summed E-state index contributed by atoms with van der Waals surface area (Å²) in [5.41, 5.74) is 4.10. The molecule has 0 radical (unpaired) electrons. The van der Waals surface area contributed by atoms with Crippen molar-refractivity contribution in [1.82, 2.24) is 0 Å². The molecule has 0 saturated heterocycles. The number of oxime groups is 1. The Balaban J connectivity index is 3.13. The number of hydrogen-bond donors (Lipinski definition) is 1. The quantitative estimate of drug-likeness (QED) is 0.385. The molecule has 2 nitrogen and oxygen atoms in total. The van der Waals surface area contributed by atoms with Crippen molar-refractivity contribution in [2.45, 2.75) is 20.8 Å². The van der Waals surface area contributed by atoms with E-state index < -0.39 is 0 Å². The largest absolute Gasteiger partial charge is 0.411 e. The van der Waals surface area contributed by atoms with E-state index in [9.17, 15) is 0 Å². The van der Waals surface area contributed by atoms with Crippen LogP contribution >= 0.6 is 0 Å². The lowest BCUT2D eigenvalue weighted by Crippen LogP contribution is -1.95. The highest BCUT2D eigenvalue weighted by Gasteiger charge is 1.98. The van der Waals surface area contributed by atoms with Gasteiger partial charge in [0.2, 0.25) is 0 Å². The maximum atomic E-state index is 8.54. The van der Waals surface area contributed by atoms with Crippen LogP contribution < -0.4 is 0 Å². The molecule has 12 heavy (non-hydrogen) atoms. The minimum atomic E-state index is 0.651. The molecule has 0 aliphatic carbocycles. The van der Waals surface area contributed by atoms with Gasteiger partial charge in [-0.2, -0.15) is 0 Å². The maximum absolute atomic E-state index is 8.54. The summed E-state index contributed by atoms with van der Waals surface area (Å²) in [5, 5.41) is 11.7. The second kappa shape index (κ2) is 3.39. The van der Waals surface area contributed by atoms with Crippen LogP contribution in [0.3, 0.4) is 0 Å². The van der Waals surface area contributed by atoms with Gasteiger partial charge in [0.05, 0.1) is 5.71 Å². The zero-order valence-corrected chi connectivity index (χ0v) is 7.63. The molecule has 0 bridgehead atoms. The van der Waals surface area contributed by atoms with Gasteiger partial charge < -0.3 is 5.21 Å². The van der Waals surface area contributed by atoms with Crippen LogP contribution in [0.2, 0.25) is 0 Å². The van der Waals surface area contributed by atoms with Crippen LogP contribution in [-0.2, 0) is 0 Å². The van der Waals surface area contributed by atoms with E-state index in [1.165, 1.54) is 11.1 Å². The molecule has 1 rings (SSSR count). The summed E-state index contributed by atoms with van der Waals surface area (Å²) < 4.78 is 0.